The van der Waals surface area contributed by atoms with Crippen LogP contribution in [0.15, 0.2) is 53.7 Å². The number of rotatable bonds is 5. The maximum atomic E-state index is 12.9. The van der Waals surface area contributed by atoms with Gasteiger partial charge in [-0.05, 0) is 49.2 Å². The van der Waals surface area contributed by atoms with Crippen LogP contribution in [-0.4, -0.2) is 42.6 Å². The third-order valence-electron chi connectivity index (χ3n) is 4.50. The summed E-state index contributed by atoms with van der Waals surface area (Å²) in [5, 5.41) is 5.39. The molecule has 28 heavy (non-hydrogen) atoms. The Morgan fingerprint density at radius 2 is 1.86 bits per heavy atom. The fourth-order valence-corrected chi connectivity index (χ4v) is 4.64. The van der Waals surface area contributed by atoms with Gasteiger partial charge in [0.2, 0.25) is 21.8 Å². The Balaban J connectivity index is 1.70. The summed E-state index contributed by atoms with van der Waals surface area (Å²) in [5.74, 6) is -0.870. The average molecular weight is 402 g/mol. The fourth-order valence-electron chi connectivity index (χ4n) is 3.12. The highest BCUT2D eigenvalue weighted by molar-refractivity contribution is 7.89. The molecule has 148 valence electrons. The average Bonchev–Trinajstić information content (AvgIpc) is 2.69. The van der Waals surface area contributed by atoms with Crippen LogP contribution in [0.2, 0.25) is 0 Å². The zero-order chi connectivity index (χ0) is 20.1. The van der Waals surface area contributed by atoms with Gasteiger partial charge in [-0.3, -0.25) is 14.6 Å². The zero-order valence-corrected chi connectivity index (χ0v) is 16.3. The number of benzene rings is 1. The molecule has 3 rings (SSSR count). The highest BCUT2D eigenvalue weighted by atomic mass is 32.2. The van der Waals surface area contributed by atoms with Crippen molar-refractivity contribution in [3.63, 3.8) is 0 Å². The summed E-state index contributed by atoms with van der Waals surface area (Å²) in [5.41, 5.74) is 1.11. The zero-order valence-electron chi connectivity index (χ0n) is 15.5. The Kier molecular flexibility index (Phi) is 6.05. The predicted octanol–water partition coefficient (Wildman–Crippen LogP) is 2.08. The number of amides is 2. The van der Waals surface area contributed by atoms with E-state index in [0.717, 1.165) is 0 Å². The molecule has 1 fully saturated rings. The van der Waals surface area contributed by atoms with Gasteiger partial charge in [-0.1, -0.05) is 0 Å². The monoisotopic (exact) mass is 402 g/mol. The highest BCUT2D eigenvalue weighted by Gasteiger charge is 2.33. The van der Waals surface area contributed by atoms with Crippen LogP contribution in [0.3, 0.4) is 0 Å². The second-order valence-corrected chi connectivity index (χ2v) is 8.58. The molecule has 0 saturated carbocycles. The molecular formula is C19H22N4O4S. The molecule has 1 atom stereocenters. The maximum Gasteiger partial charge on any atom is 0.243 e. The van der Waals surface area contributed by atoms with Crippen LogP contribution in [0.25, 0.3) is 0 Å². The number of hydrogen-bond donors (Lipinski definition) is 2. The van der Waals surface area contributed by atoms with E-state index in [1.807, 2.05) is 0 Å². The van der Waals surface area contributed by atoms with Crippen LogP contribution in [0.1, 0.15) is 19.8 Å². The summed E-state index contributed by atoms with van der Waals surface area (Å²) < 4.78 is 27.2. The van der Waals surface area contributed by atoms with Crippen molar-refractivity contribution in [2.45, 2.75) is 24.7 Å². The number of piperidine rings is 1. The molecule has 1 unspecified atom stereocenters. The van der Waals surface area contributed by atoms with Gasteiger partial charge in [-0.15, -0.1) is 0 Å². The van der Waals surface area contributed by atoms with Crippen molar-refractivity contribution in [2.24, 2.45) is 5.92 Å². The van der Waals surface area contributed by atoms with Crippen molar-refractivity contribution in [3.8, 4) is 0 Å². The highest BCUT2D eigenvalue weighted by Crippen LogP contribution is 2.25. The molecule has 0 spiro atoms. The van der Waals surface area contributed by atoms with Gasteiger partial charge in [-0.25, -0.2) is 8.42 Å². The van der Waals surface area contributed by atoms with E-state index in [0.29, 0.717) is 30.8 Å². The summed E-state index contributed by atoms with van der Waals surface area (Å²) in [6.07, 6.45) is 4.39. The van der Waals surface area contributed by atoms with Gasteiger partial charge in [0.15, 0.2) is 0 Å². The van der Waals surface area contributed by atoms with Crippen LogP contribution in [0.5, 0.6) is 0 Å². The largest absolute Gasteiger partial charge is 0.326 e. The number of pyridine rings is 1. The van der Waals surface area contributed by atoms with E-state index in [2.05, 4.69) is 15.6 Å². The topological polar surface area (TPSA) is 108 Å². The Morgan fingerprint density at radius 1 is 1.11 bits per heavy atom. The van der Waals surface area contributed by atoms with E-state index in [4.69, 9.17) is 0 Å². The number of carbonyl (C=O) groups is 2. The molecular weight excluding hydrogens is 380 g/mol. The van der Waals surface area contributed by atoms with Crippen molar-refractivity contribution in [1.29, 1.82) is 0 Å². The fraction of sp³-hybridized carbons (Fsp3) is 0.316. The number of nitrogens with one attached hydrogen (secondary N) is 2. The molecule has 1 aromatic carbocycles. The van der Waals surface area contributed by atoms with Crippen LogP contribution >= 0.6 is 0 Å². The number of nitrogens with zero attached hydrogens (tertiary/aromatic N) is 2. The standard InChI is InChI=1S/C19H22N4O4S/c1-14(24)21-16-6-8-18(9-7-16)28(26,27)23-11-3-4-15(13-23)19(25)22-17-5-2-10-20-12-17/h2,5-10,12,15H,3-4,11,13H2,1H3,(H,21,24)(H,22,25). The van der Waals surface area contributed by atoms with Crippen LogP contribution in [-0.2, 0) is 19.6 Å². The number of hydrogen-bond acceptors (Lipinski definition) is 5. The second-order valence-electron chi connectivity index (χ2n) is 6.64. The Labute approximate surface area is 164 Å². The number of aromatic nitrogens is 1. The van der Waals surface area contributed by atoms with E-state index in [1.165, 1.54) is 23.4 Å². The summed E-state index contributed by atoms with van der Waals surface area (Å²) in [4.78, 5) is 27.7. The first kappa shape index (κ1) is 20.0. The Bertz CT molecular complexity index is 946. The van der Waals surface area contributed by atoms with Crippen molar-refractivity contribution < 1.29 is 18.0 Å². The van der Waals surface area contributed by atoms with Crippen LogP contribution in [0, 0.1) is 5.92 Å². The van der Waals surface area contributed by atoms with Gasteiger partial charge < -0.3 is 10.6 Å². The molecule has 2 amide bonds. The number of anilines is 2. The first-order chi connectivity index (χ1) is 13.4. The van der Waals surface area contributed by atoms with E-state index >= 15 is 0 Å². The molecule has 1 aliphatic heterocycles. The van der Waals surface area contributed by atoms with Crippen molar-refractivity contribution in [1.82, 2.24) is 9.29 Å². The first-order valence-corrected chi connectivity index (χ1v) is 10.4. The van der Waals surface area contributed by atoms with Crippen LogP contribution in [0.4, 0.5) is 11.4 Å². The second kappa shape index (κ2) is 8.49. The van der Waals surface area contributed by atoms with Gasteiger partial charge >= 0.3 is 0 Å². The van der Waals surface area contributed by atoms with Gasteiger partial charge in [0.05, 0.1) is 22.7 Å². The van der Waals surface area contributed by atoms with Crippen molar-refractivity contribution in [3.05, 3.63) is 48.8 Å². The summed E-state index contributed by atoms with van der Waals surface area (Å²) in [6.45, 7) is 1.88. The van der Waals surface area contributed by atoms with E-state index in [-0.39, 0.29) is 23.3 Å². The maximum absolute atomic E-state index is 12.9. The molecule has 0 radical (unpaired) electrons. The van der Waals surface area contributed by atoms with Gasteiger partial charge in [0.25, 0.3) is 0 Å². The Hall–Kier alpha value is -2.78. The summed E-state index contributed by atoms with van der Waals surface area (Å²) in [7, 11) is -3.72. The molecule has 1 aliphatic rings. The lowest BCUT2D eigenvalue weighted by Crippen LogP contribution is -2.43. The predicted molar refractivity (Wildman–Crippen MR) is 105 cm³/mol. The van der Waals surface area contributed by atoms with Crippen molar-refractivity contribution >= 4 is 33.2 Å². The molecule has 8 nitrogen and oxygen atoms in total. The lowest BCUT2D eigenvalue weighted by atomic mass is 9.99. The normalized spacial score (nSPS) is 17.7. The minimum Gasteiger partial charge on any atom is -0.326 e. The third kappa shape index (κ3) is 4.73. The lowest BCUT2D eigenvalue weighted by Gasteiger charge is -2.31. The van der Waals surface area contributed by atoms with Crippen LogP contribution < -0.4 is 10.6 Å². The minimum atomic E-state index is -3.72. The third-order valence-corrected chi connectivity index (χ3v) is 6.38. The Morgan fingerprint density at radius 3 is 2.50 bits per heavy atom. The first-order valence-electron chi connectivity index (χ1n) is 8.95. The van der Waals surface area contributed by atoms with Gasteiger partial charge in [-0.2, -0.15) is 4.31 Å². The molecule has 2 aromatic rings. The minimum absolute atomic E-state index is 0.127. The van der Waals surface area contributed by atoms with Gasteiger partial charge in [0.1, 0.15) is 0 Å². The van der Waals surface area contributed by atoms with E-state index in [9.17, 15) is 18.0 Å². The summed E-state index contributed by atoms with van der Waals surface area (Å²) >= 11 is 0. The number of carbonyl (C=O) groups excluding carboxylic acids is 2. The molecule has 1 aromatic heterocycles. The quantitative estimate of drug-likeness (QED) is 0.796. The smallest absolute Gasteiger partial charge is 0.243 e. The molecule has 0 aliphatic carbocycles. The number of sulfonamides is 1. The molecule has 2 heterocycles. The summed E-state index contributed by atoms with van der Waals surface area (Å²) in [6, 6.07) is 9.46. The lowest BCUT2D eigenvalue weighted by molar-refractivity contribution is -0.121. The SMILES string of the molecule is CC(=O)Nc1ccc(S(=O)(=O)N2CCCC(C(=O)Nc3cccnc3)C2)cc1. The van der Waals surface area contributed by atoms with E-state index in [1.54, 1.807) is 36.7 Å². The van der Waals surface area contributed by atoms with E-state index < -0.39 is 15.9 Å². The van der Waals surface area contributed by atoms with Crippen molar-refractivity contribution in [2.75, 3.05) is 23.7 Å². The molecule has 9 heteroatoms. The molecule has 1 saturated heterocycles. The molecule has 2 N–H and O–H groups in total. The van der Waals surface area contributed by atoms with Gasteiger partial charge in [0, 0.05) is 31.9 Å². The molecule has 0 bridgehead atoms.